The van der Waals surface area contributed by atoms with E-state index in [1.54, 1.807) is 0 Å². The molecule has 0 bridgehead atoms. The number of hydrogen-bond acceptors (Lipinski definition) is 14. The van der Waals surface area contributed by atoms with E-state index >= 15 is 0 Å². The van der Waals surface area contributed by atoms with Gasteiger partial charge in [-0.3, -0.25) is 0 Å². The van der Waals surface area contributed by atoms with Gasteiger partial charge in [0.2, 0.25) is 0 Å². The predicted molar refractivity (Wildman–Crippen MR) is 58.4 cm³/mol. The SMILES string of the molecule is O=C([O-])CC(O)(CC(=O)[O-])C(=O)[O-].O=C([O-])CC(O)(CC(=O)[O-])C(=O)[O-].[Cu].[Mo]. The van der Waals surface area contributed by atoms with Crippen molar-refractivity contribution in [2.24, 2.45) is 0 Å². The van der Waals surface area contributed by atoms with E-state index in [0.29, 0.717) is 0 Å². The number of carboxylic acid groups (broad SMARTS) is 6. The molecule has 0 atom stereocenters. The first kappa shape index (κ1) is 33.5. The van der Waals surface area contributed by atoms with E-state index in [4.69, 9.17) is 10.2 Å². The molecule has 0 aliphatic heterocycles. The number of carbonyl (C=O) groups is 6. The van der Waals surface area contributed by atoms with Crippen LogP contribution in [0.25, 0.3) is 0 Å². The van der Waals surface area contributed by atoms with Gasteiger partial charge >= 0.3 is 0 Å². The zero-order chi connectivity index (χ0) is 21.3. The fraction of sp³-hybridized carbons (Fsp3) is 0.500. The van der Waals surface area contributed by atoms with Crippen LogP contribution in [0.1, 0.15) is 25.7 Å². The first-order valence-electron chi connectivity index (χ1n) is 6.23. The van der Waals surface area contributed by atoms with Gasteiger partial charge in [-0.05, 0) is 0 Å². The van der Waals surface area contributed by atoms with Crippen molar-refractivity contribution >= 4 is 35.8 Å². The van der Waals surface area contributed by atoms with Crippen molar-refractivity contribution < 1.29 is 108 Å². The maximum atomic E-state index is 10.1. The molecule has 0 aliphatic rings. The molecule has 0 aromatic heterocycles. The van der Waals surface area contributed by atoms with Gasteiger partial charge in [0.1, 0.15) is 11.2 Å². The van der Waals surface area contributed by atoms with Gasteiger partial charge in [-0.15, -0.1) is 0 Å². The summed E-state index contributed by atoms with van der Waals surface area (Å²) in [6.07, 6.45) is -5.43. The van der Waals surface area contributed by atoms with Gasteiger partial charge in [0.05, 0.1) is 11.9 Å². The second-order valence-corrected chi connectivity index (χ2v) is 4.83. The van der Waals surface area contributed by atoms with Crippen LogP contribution in [0.3, 0.4) is 0 Å². The molecule has 1 radical (unpaired) electrons. The number of aliphatic hydroxyl groups is 2. The van der Waals surface area contributed by atoms with Crippen LogP contribution in [-0.2, 0) is 66.9 Å². The minimum Gasteiger partial charge on any atom is -0.550 e. The monoisotopic (exact) mass is 539 g/mol. The summed E-state index contributed by atoms with van der Waals surface area (Å²) >= 11 is 0. The molecule has 2 N–H and O–H groups in total. The van der Waals surface area contributed by atoms with E-state index in [1.807, 2.05) is 0 Å². The zero-order valence-corrected chi connectivity index (χ0v) is 16.3. The van der Waals surface area contributed by atoms with E-state index in [2.05, 4.69) is 0 Å². The molecule has 0 heterocycles. The normalized spacial score (nSPS) is 10.1. The summed E-state index contributed by atoms with van der Waals surface area (Å²) in [5.41, 5.74) is -5.95. The zero-order valence-electron chi connectivity index (χ0n) is 13.3. The average molecular weight is 538 g/mol. The molecule has 14 nitrogen and oxygen atoms in total. The minimum absolute atomic E-state index is 0. The Morgan fingerprint density at radius 1 is 0.536 bits per heavy atom. The van der Waals surface area contributed by atoms with Gasteiger partial charge in [0, 0.05) is 87.7 Å². The number of rotatable bonds is 10. The summed E-state index contributed by atoms with van der Waals surface area (Å²) in [6, 6.07) is 0. The van der Waals surface area contributed by atoms with Crippen LogP contribution in [0, 0.1) is 0 Å². The Bertz CT molecular complexity index is 519. The standard InChI is InChI=1S/2C6H8O7.Cu.Mo/c2*7-3(8)1-6(13,5(11)12)2-4(9)10;;/h2*13H,1-2H2,(H,7,8)(H,9,10)(H,11,12);;/p-6. The molecular weight excluding hydrogens is 528 g/mol. The molecule has 0 spiro atoms. The van der Waals surface area contributed by atoms with E-state index in [0.717, 1.165) is 0 Å². The molecule has 165 valence electrons. The van der Waals surface area contributed by atoms with Crippen LogP contribution >= 0.6 is 0 Å². The van der Waals surface area contributed by atoms with Crippen molar-refractivity contribution in [2.75, 3.05) is 0 Å². The maximum Gasteiger partial charge on any atom is 0.114 e. The van der Waals surface area contributed by atoms with Crippen LogP contribution in [0.4, 0.5) is 0 Å². The minimum atomic E-state index is -2.97. The molecule has 0 aromatic carbocycles. The van der Waals surface area contributed by atoms with Crippen molar-refractivity contribution in [3.05, 3.63) is 0 Å². The molecular formula is C12H10CuMoO14-6. The van der Waals surface area contributed by atoms with Gasteiger partial charge in [0.25, 0.3) is 0 Å². The van der Waals surface area contributed by atoms with Crippen molar-refractivity contribution in [1.82, 2.24) is 0 Å². The molecule has 28 heavy (non-hydrogen) atoms. The van der Waals surface area contributed by atoms with Crippen LogP contribution in [0.2, 0.25) is 0 Å². The summed E-state index contributed by atoms with van der Waals surface area (Å²) in [5.74, 6) is -12.0. The van der Waals surface area contributed by atoms with E-state index in [9.17, 15) is 59.4 Å². The Balaban J connectivity index is -0.000000192. The Kier molecular flexibility index (Phi) is 16.8. The summed E-state index contributed by atoms with van der Waals surface area (Å²) in [4.78, 5) is 60.0. The Morgan fingerprint density at radius 2 is 0.679 bits per heavy atom. The smallest absolute Gasteiger partial charge is 0.114 e. The molecule has 16 heteroatoms. The molecule has 0 aliphatic carbocycles. The first-order chi connectivity index (χ1) is 11.6. The Morgan fingerprint density at radius 3 is 0.750 bits per heavy atom. The summed E-state index contributed by atoms with van der Waals surface area (Å²) in [5, 5.41) is 77.9. The molecule has 0 unspecified atom stereocenters. The maximum absolute atomic E-state index is 10.1. The fourth-order valence-electron chi connectivity index (χ4n) is 1.37. The molecule has 0 aromatic rings. The third-order valence-electron chi connectivity index (χ3n) is 2.51. The van der Waals surface area contributed by atoms with Crippen LogP contribution in [0.5, 0.6) is 0 Å². The molecule has 0 saturated carbocycles. The third kappa shape index (κ3) is 14.1. The summed E-state index contributed by atoms with van der Waals surface area (Å²) in [6.45, 7) is 0. The Labute approximate surface area is 180 Å². The molecule has 0 saturated heterocycles. The first-order valence-corrected chi connectivity index (χ1v) is 6.23. The molecule has 0 fully saturated rings. The number of aliphatic carboxylic acids is 6. The van der Waals surface area contributed by atoms with Crippen molar-refractivity contribution in [2.45, 2.75) is 36.9 Å². The van der Waals surface area contributed by atoms with Crippen LogP contribution < -0.4 is 30.6 Å². The average Bonchev–Trinajstić information content (AvgIpc) is 2.34. The molecule has 0 rings (SSSR count). The number of carboxylic acids is 6. The number of carbonyl (C=O) groups excluding carboxylic acids is 6. The second-order valence-electron chi connectivity index (χ2n) is 4.83. The van der Waals surface area contributed by atoms with Gasteiger partial charge in [0.15, 0.2) is 0 Å². The van der Waals surface area contributed by atoms with Crippen molar-refractivity contribution in [3.8, 4) is 0 Å². The quantitative estimate of drug-likeness (QED) is 0.245. The second kappa shape index (κ2) is 14.0. The van der Waals surface area contributed by atoms with E-state index in [-0.39, 0.29) is 38.1 Å². The van der Waals surface area contributed by atoms with E-state index in [1.165, 1.54) is 0 Å². The topological polar surface area (TPSA) is 281 Å². The summed E-state index contributed by atoms with van der Waals surface area (Å²) in [7, 11) is 0. The number of hydrogen-bond donors (Lipinski definition) is 2. The third-order valence-corrected chi connectivity index (χ3v) is 2.51. The predicted octanol–water partition coefficient (Wildman–Crippen LogP) is -10.5. The van der Waals surface area contributed by atoms with Crippen molar-refractivity contribution in [3.63, 3.8) is 0 Å². The largest absolute Gasteiger partial charge is 0.550 e. The van der Waals surface area contributed by atoms with Crippen molar-refractivity contribution in [1.29, 1.82) is 0 Å². The van der Waals surface area contributed by atoms with Gasteiger partial charge in [-0.25, -0.2) is 0 Å². The van der Waals surface area contributed by atoms with Gasteiger partial charge in [-0.2, -0.15) is 0 Å². The van der Waals surface area contributed by atoms with E-state index < -0.39 is 72.7 Å². The van der Waals surface area contributed by atoms with Gasteiger partial charge in [-0.1, -0.05) is 0 Å². The summed E-state index contributed by atoms with van der Waals surface area (Å²) < 4.78 is 0. The fourth-order valence-corrected chi connectivity index (χ4v) is 1.37. The van der Waals surface area contributed by atoms with Gasteiger partial charge < -0.3 is 69.6 Å². The Hall–Kier alpha value is -2.05. The van der Waals surface area contributed by atoms with Crippen LogP contribution in [0.15, 0.2) is 0 Å². The van der Waals surface area contributed by atoms with Crippen LogP contribution in [-0.4, -0.2) is 57.2 Å². The molecule has 0 amide bonds.